The van der Waals surface area contributed by atoms with Crippen LogP contribution in [0.15, 0.2) is 47.6 Å². The van der Waals surface area contributed by atoms with Crippen LogP contribution in [0.5, 0.6) is 0 Å². The summed E-state index contributed by atoms with van der Waals surface area (Å²) < 4.78 is 0. The van der Waals surface area contributed by atoms with E-state index in [2.05, 4.69) is 64.4 Å². The highest BCUT2D eigenvalue weighted by atomic mass is 15.1. The van der Waals surface area contributed by atoms with Gasteiger partial charge >= 0.3 is 0 Å². The third-order valence-corrected chi connectivity index (χ3v) is 3.31. The van der Waals surface area contributed by atoms with E-state index in [1.54, 1.807) is 0 Å². The quantitative estimate of drug-likeness (QED) is 0.474. The molecule has 0 fully saturated rings. The minimum atomic E-state index is 0.952. The first-order valence-electron chi connectivity index (χ1n) is 7.69. The molecule has 0 aliphatic heterocycles. The van der Waals surface area contributed by atoms with Crippen LogP contribution in [-0.2, 0) is 0 Å². The summed E-state index contributed by atoms with van der Waals surface area (Å²) in [6.07, 6.45) is 13.7. The zero-order valence-corrected chi connectivity index (χ0v) is 14.2. The molecule has 0 rings (SSSR count). The van der Waals surface area contributed by atoms with Crippen molar-refractivity contribution in [3.8, 4) is 0 Å². The normalized spacial score (nSPS) is 12.7. The molecule has 1 nitrogen and oxygen atoms in total. The maximum absolute atomic E-state index is 3.76. The summed E-state index contributed by atoms with van der Waals surface area (Å²) in [5.41, 5.74) is 4.41. The summed E-state index contributed by atoms with van der Waals surface area (Å²) in [5.74, 6) is 0. The Morgan fingerprint density at radius 1 is 0.850 bits per heavy atom. The van der Waals surface area contributed by atoms with Gasteiger partial charge in [0.05, 0.1) is 0 Å². The van der Waals surface area contributed by atoms with Crippen molar-refractivity contribution in [1.29, 1.82) is 0 Å². The molecule has 0 spiro atoms. The second kappa shape index (κ2) is 11.7. The molecule has 0 saturated carbocycles. The molecule has 0 amide bonds. The van der Waals surface area contributed by atoms with E-state index in [-0.39, 0.29) is 0 Å². The lowest BCUT2D eigenvalue weighted by Crippen LogP contribution is -2.18. The van der Waals surface area contributed by atoms with Crippen molar-refractivity contribution in [2.75, 3.05) is 20.1 Å². The van der Waals surface area contributed by atoms with E-state index < -0.39 is 0 Å². The molecule has 20 heavy (non-hydrogen) atoms. The van der Waals surface area contributed by atoms with E-state index in [0.29, 0.717) is 0 Å². The number of hydrogen-bond acceptors (Lipinski definition) is 1. The maximum Gasteiger partial charge on any atom is 0.0165 e. The Kier molecular flexibility index (Phi) is 11.1. The smallest absolute Gasteiger partial charge is 0.0165 e. The van der Waals surface area contributed by atoms with Gasteiger partial charge in [0.2, 0.25) is 0 Å². The molecule has 0 aromatic carbocycles. The fourth-order valence-electron chi connectivity index (χ4n) is 1.95. The number of nitrogens with zero attached hydrogens (tertiary/aromatic N) is 1. The minimum absolute atomic E-state index is 0.952. The maximum atomic E-state index is 3.76. The largest absolute Gasteiger partial charge is 0.299 e. The van der Waals surface area contributed by atoms with E-state index >= 15 is 0 Å². The van der Waals surface area contributed by atoms with Crippen molar-refractivity contribution in [3.05, 3.63) is 47.6 Å². The summed E-state index contributed by atoms with van der Waals surface area (Å²) in [4.78, 5) is 2.26. The highest BCUT2D eigenvalue weighted by molar-refractivity contribution is 5.05. The SMILES string of the molecule is C=CCN(C)CC=C(C)CCC=C(C)CCC=C(C)C. The summed E-state index contributed by atoms with van der Waals surface area (Å²) in [6.45, 7) is 14.5. The van der Waals surface area contributed by atoms with Crippen molar-refractivity contribution in [2.45, 2.75) is 53.4 Å². The molecule has 0 radical (unpaired) electrons. The highest BCUT2D eigenvalue weighted by Crippen LogP contribution is 2.11. The molecule has 0 bridgehead atoms. The topological polar surface area (TPSA) is 3.24 Å². The van der Waals surface area contributed by atoms with Crippen LogP contribution in [0.4, 0.5) is 0 Å². The lowest BCUT2D eigenvalue weighted by Gasteiger charge is -2.11. The van der Waals surface area contributed by atoms with E-state index in [4.69, 9.17) is 0 Å². The molecule has 0 atom stereocenters. The fraction of sp³-hybridized carbons (Fsp3) is 0.579. The summed E-state index contributed by atoms with van der Waals surface area (Å²) in [6, 6.07) is 0. The van der Waals surface area contributed by atoms with Crippen LogP contribution >= 0.6 is 0 Å². The molecule has 0 aliphatic rings. The van der Waals surface area contributed by atoms with Crippen molar-refractivity contribution in [2.24, 2.45) is 0 Å². The molecule has 0 aliphatic carbocycles. The second-order valence-corrected chi connectivity index (χ2v) is 5.97. The molecular weight excluding hydrogens is 242 g/mol. The first-order chi connectivity index (χ1) is 9.45. The third-order valence-electron chi connectivity index (χ3n) is 3.31. The average molecular weight is 275 g/mol. The van der Waals surface area contributed by atoms with Gasteiger partial charge in [-0.1, -0.05) is 41.0 Å². The molecule has 0 aromatic rings. The lowest BCUT2D eigenvalue weighted by molar-refractivity contribution is 0.411. The van der Waals surface area contributed by atoms with Gasteiger partial charge in [0.15, 0.2) is 0 Å². The standard InChI is InChI=1S/C19H33N/c1-7-15-20(6)16-14-19(5)13-9-12-18(4)11-8-10-17(2)3/h7,10,12,14H,1,8-9,11,13,15-16H2,2-6H3. The van der Waals surface area contributed by atoms with Gasteiger partial charge in [0.25, 0.3) is 0 Å². The molecule has 0 unspecified atom stereocenters. The van der Waals surface area contributed by atoms with Crippen LogP contribution in [0, 0.1) is 0 Å². The van der Waals surface area contributed by atoms with Crippen molar-refractivity contribution in [3.63, 3.8) is 0 Å². The highest BCUT2D eigenvalue weighted by Gasteiger charge is 1.94. The Balaban J connectivity index is 3.93. The number of hydrogen-bond donors (Lipinski definition) is 0. The molecule has 114 valence electrons. The minimum Gasteiger partial charge on any atom is -0.299 e. The van der Waals surface area contributed by atoms with Gasteiger partial charge in [-0.15, -0.1) is 6.58 Å². The molecule has 0 saturated heterocycles. The predicted molar refractivity (Wildman–Crippen MR) is 93.1 cm³/mol. The summed E-state index contributed by atoms with van der Waals surface area (Å²) in [7, 11) is 2.12. The Morgan fingerprint density at radius 2 is 1.40 bits per heavy atom. The van der Waals surface area contributed by atoms with Gasteiger partial charge in [0.1, 0.15) is 0 Å². The van der Waals surface area contributed by atoms with Crippen LogP contribution in [0.3, 0.4) is 0 Å². The lowest BCUT2D eigenvalue weighted by atomic mass is 10.1. The third kappa shape index (κ3) is 12.0. The first-order valence-corrected chi connectivity index (χ1v) is 7.69. The van der Waals surface area contributed by atoms with Gasteiger partial charge in [-0.25, -0.2) is 0 Å². The summed E-state index contributed by atoms with van der Waals surface area (Å²) in [5, 5.41) is 0. The van der Waals surface area contributed by atoms with Crippen LogP contribution in [0.1, 0.15) is 53.4 Å². The molecule has 0 aromatic heterocycles. The van der Waals surface area contributed by atoms with E-state index in [9.17, 15) is 0 Å². The number of likely N-dealkylation sites (N-methyl/N-ethyl adjacent to an activating group) is 1. The van der Waals surface area contributed by atoms with E-state index in [1.807, 2.05) is 6.08 Å². The van der Waals surface area contributed by atoms with E-state index in [0.717, 1.165) is 19.5 Å². The van der Waals surface area contributed by atoms with Crippen molar-refractivity contribution >= 4 is 0 Å². The Hall–Kier alpha value is -1.08. The van der Waals surface area contributed by atoms with Crippen LogP contribution < -0.4 is 0 Å². The van der Waals surface area contributed by atoms with Crippen LogP contribution in [0.2, 0.25) is 0 Å². The number of rotatable bonds is 10. The molecule has 0 N–H and O–H groups in total. The van der Waals surface area contributed by atoms with Gasteiger partial charge in [-0.3, -0.25) is 4.90 Å². The monoisotopic (exact) mass is 275 g/mol. The Labute approximate surface area is 126 Å². The molecular formula is C19H33N. The van der Waals surface area contributed by atoms with Gasteiger partial charge in [-0.05, 0) is 60.4 Å². The van der Waals surface area contributed by atoms with Crippen molar-refractivity contribution in [1.82, 2.24) is 4.90 Å². The van der Waals surface area contributed by atoms with Gasteiger partial charge < -0.3 is 0 Å². The molecule has 1 heteroatoms. The van der Waals surface area contributed by atoms with Crippen LogP contribution in [0.25, 0.3) is 0 Å². The van der Waals surface area contributed by atoms with Gasteiger partial charge in [0, 0.05) is 13.1 Å². The van der Waals surface area contributed by atoms with Crippen molar-refractivity contribution < 1.29 is 0 Å². The van der Waals surface area contributed by atoms with Gasteiger partial charge in [-0.2, -0.15) is 0 Å². The predicted octanol–water partition coefficient (Wildman–Crippen LogP) is 5.52. The first kappa shape index (κ1) is 18.9. The summed E-state index contributed by atoms with van der Waals surface area (Å²) >= 11 is 0. The average Bonchev–Trinajstić information content (AvgIpc) is 2.36. The fourth-order valence-corrected chi connectivity index (χ4v) is 1.95. The van der Waals surface area contributed by atoms with Crippen LogP contribution in [-0.4, -0.2) is 25.0 Å². The zero-order chi connectivity index (χ0) is 15.4. The number of allylic oxidation sites excluding steroid dienone is 5. The Morgan fingerprint density at radius 3 is 1.95 bits per heavy atom. The molecule has 0 heterocycles. The van der Waals surface area contributed by atoms with E-state index in [1.165, 1.54) is 36.0 Å². The Bertz CT molecular complexity index is 354. The zero-order valence-electron chi connectivity index (χ0n) is 14.2. The second-order valence-electron chi connectivity index (χ2n) is 5.97.